The molecule has 0 saturated heterocycles. The fraction of sp³-hybridized carbons (Fsp3) is 0.0323. The van der Waals surface area contributed by atoms with Crippen molar-refractivity contribution in [3.8, 4) is 45.0 Å². The third kappa shape index (κ3) is 4.51. The standard InChI is InChI=1S/C31H24N2/c1-22(2)23-16-18-25(19-17-23)29-21-30(33-31(32-29)26-12-7-4-8-13-26)28-15-9-14-27(20-28)24-10-5-3-6-11-24/h3-21H,1H2,2H3. The number of hydrogen-bond donors (Lipinski definition) is 0. The molecule has 0 unspecified atom stereocenters. The smallest absolute Gasteiger partial charge is 0.160 e. The normalized spacial score (nSPS) is 10.7. The average molecular weight is 425 g/mol. The van der Waals surface area contributed by atoms with Crippen molar-refractivity contribution in [3.63, 3.8) is 0 Å². The summed E-state index contributed by atoms with van der Waals surface area (Å²) in [4.78, 5) is 9.88. The predicted molar refractivity (Wildman–Crippen MR) is 138 cm³/mol. The maximum Gasteiger partial charge on any atom is 0.160 e. The van der Waals surface area contributed by atoms with Crippen molar-refractivity contribution in [3.05, 3.63) is 127 Å². The Morgan fingerprint density at radius 2 is 1.06 bits per heavy atom. The van der Waals surface area contributed by atoms with Crippen LogP contribution in [0.3, 0.4) is 0 Å². The molecular formula is C31H24N2. The molecule has 0 radical (unpaired) electrons. The van der Waals surface area contributed by atoms with Gasteiger partial charge in [0.05, 0.1) is 11.4 Å². The first-order chi connectivity index (χ1) is 16.2. The quantitative estimate of drug-likeness (QED) is 0.284. The summed E-state index contributed by atoms with van der Waals surface area (Å²) >= 11 is 0. The van der Waals surface area contributed by atoms with E-state index < -0.39 is 0 Å². The summed E-state index contributed by atoms with van der Waals surface area (Å²) in [5.74, 6) is 0.720. The molecule has 0 bridgehead atoms. The Morgan fingerprint density at radius 1 is 0.515 bits per heavy atom. The lowest BCUT2D eigenvalue weighted by molar-refractivity contribution is 1.18. The first kappa shape index (κ1) is 20.6. The van der Waals surface area contributed by atoms with Gasteiger partial charge in [0.25, 0.3) is 0 Å². The highest BCUT2D eigenvalue weighted by molar-refractivity contribution is 5.76. The van der Waals surface area contributed by atoms with Gasteiger partial charge in [0, 0.05) is 16.7 Å². The first-order valence-corrected chi connectivity index (χ1v) is 11.0. The van der Waals surface area contributed by atoms with E-state index in [1.165, 1.54) is 11.1 Å². The summed E-state index contributed by atoms with van der Waals surface area (Å²) in [6, 6.07) is 39.6. The maximum absolute atomic E-state index is 4.95. The van der Waals surface area contributed by atoms with Gasteiger partial charge in [0.15, 0.2) is 5.82 Å². The van der Waals surface area contributed by atoms with E-state index >= 15 is 0 Å². The van der Waals surface area contributed by atoms with Crippen molar-refractivity contribution in [2.45, 2.75) is 6.92 Å². The molecule has 0 amide bonds. The Morgan fingerprint density at radius 3 is 1.70 bits per heavy atom. The van der Waals surface area contributed by atoms with Crippen LogP contribution in [-0.2, 0) is 0 Å². The third-order valence-electron chi connectivity index (χ3n) is 5.70. The van der Waals surface area contributed by atoms with Gasteiger partial charge in [-0.15, -0.1) is 0 Å². The Hall–Kier alpha value is -4.30. The van der Waals surface area contributed by atoms with Gasteiger partial charge >= 0.3 is 0 Å². The zero-order valence-corrected chi connectivity index (χ0v) is 18.6. The molecule has 2 nitrogen and oxygen atoms in total. The molecule has 0 fully saturated rings. The van der Waals surface area contributed by atoms with E-state index in [4.69, 9.17) is 9.97 Å². The lowest BCUT2D eigenvalue weighted by Gasteiger charge is -2.11. The van der Waals surface area contributed by atoms with Gasteiger partial charge in [0.2, 0.25) is 0 Å². The molecule has 0 aliphatic heterocycles. The van der Waals surface area contributed by atoms with Crippen LogP contribution in [0.4, 0.5) is 0 Å². The van der Waals surface area contributed by atoms with E-state index in [-0.39, 0.29) is 0 Å². The van der Waals surface area contributed by atoms with Crippen LogP contribution in [-0.4, -0.2) is 9.97 Å². The molecule has 0 atom stereocenters. The average Bonchev–Trinajstić information content (AvgIpc) is 2.89. The molecule has 1 heterocycles. The minimum atomic E-state index is 0.720. The lowest BCUT2D eigenvalue weighted by atomic mass is 10.00. The van der Waals surface area contributed by atoms with Crippen molar-refractivity contribution in [1.82, 2.24) is 9.97 Å². The second-order valence-electron chi connectivity index (χ2n) is 8.13. The van der Waals surface area contributed by atoms with Crippen molar-refractivity contribution in [2.75, 3.05) is 0 Å². The Labute approximate surface area is 195 Å². The van der Waals surface area contributed by atoms with Crippen LogP contribution in [0.1, 0.15) is 12.5 Å². The minimum Gasteiger partial charge on any atom is -0.228 e. The zero-order chi connectivity index (χ0) is 22.6. The largest absolute Gasteiger partial charge is 0.228 e. The zero-order valence-electron chi connectivity index (χ0n) is 18.6. The van der Waals surface area contributed by atoms with E-state index in [1.807, 2.05) is 43.3 Å². The SMILES string of the molecule is C=C(C)c1ccc(-c2cc(-c3cccc(-c4ccccc4)c3)nc(-c3ccccc3)n2)cc1. The van der Waals surface area contributed by atoms with Crippen LogP contribution in [0.5, 0.6) is 0 Å². The van der Waals surface area contributed by atoms with E-state index in [2.05, 4.69) is 85.4 Å². The summed E-state index contributed by atoms with van der Waals surface area (Å²) in [5, 5.41) is 0. The Balaban J connectivity index is 1.64. The number of allylic oxidation sites excluding steroid dienone is 1. The van der Waals surface area contributed by atoms with Crippen LogP contribution in [0, 0.1) is 0 Å². The van der Waals surface area contributed by atoms with Crippen molar-refractivity contribution in [1.29, 1.82) is 0 Å². The molecule has 1 aromatic heterocycles. The fourth-order valence-corrected chi connectivity index (χ4v) is 3.87. The molecule has 0 N–H and O–H groups in total. The van der Waals surface area contributed by atoms with Crippen LogP contribution >= 0.6 is 0 Å². The molecule has 33 heavy (non-hydrogen) atoms. The number of aromatic nitrogens is 2. The number of benzene rings is 4. The second-order valence-corrected chi connectivity index (χ2v) is 8.13. The summed E-state index contributed by atoms with van der Waals surface area (Å²) in [7, 11) is 0. The summed E-state index contributed by atoms with van der Waals surface area (Å²) in [6.45, 7) is 6.06. The van der Waals surface area contributed by atoms with Crippen LogP contribution in [0.15, 0.2) is 122 Å². The minimum absolute atomic E-state index is 0.720. The van der Waals surface area contributed by atoms with Gasteiger partial charge in [-0.2, -0.15) is 0 Å². The summed E-state index contributed by atoms with van der Waals surface area (Å²) < 4.78 is 0. The maximum atomic E-state index is 4.95. The molecule has 0 saturated carbocycles. The molecule has 5 rings (SSSR count). The molecule has 4 aromatic carbocycles. The monoisotopic (exact) mass is 424 g/mol. The lowest BCUT2D eigenvalue weighted by Crippen LogP contribution is -1.96. The number of hydrogen-bond acceptors (Lipinski definition) is 2. The van der Waals surface area contributed by atoms with E-state index in [0.717, 1.165) is 45.0 Å². The van der Waals surface area contributed by atoms with Gasteiger partial charge in [-0.1, -0.05) is 115 Å². The summed E-state index contributed by atoms with van der Waals surface area (Å²) in [5.41, 5.74) is 9.46. The van der Waals surface area contributed by atoms with Crippen LogP contribution < -0.4 is 0 Å². The molecule has 5 aromatic rings. The summed E-state index contributed by atoms with van der Waals surface area (Å²) in [6.07, 6.45) is 0. The van der Waals surface area contributed by atoms with Gasteiger partial charge in [0.1, 0.15) is 0 Å². The highest BCUT2D eigenvalue weighted by Crippen LogP contribution is 2.30. The van der Waals surface area contributed by atoms with Crippen molar-refractivity contribution < 1.29 is 0 Å². The van der Waals surface area contributed by atoms with Crippen LogP contribution in [0.2, 0.25) is 0 Å². The molecular weight excluding hydrogens is 400 g/mol. The van der Waals surface area contributed by atoms with Gasteiger partial charge in [-0.05, 0) is 35.7 Å². The van der Waals surface area contributed by atoms with E-state index in [1.54, 1.807) is 0 Å². The first-order valence-electron chi connectivity index (χ1n) is 11.0. The second kappa shape index (κ2) is 9.05. The molecule has 0 aliphatic rings. The topological polar surface area (TPSA) is 25.8 Å². The molecule has 0 spiro atoms. The van der Waals surface area contributed by atoms with Crippen LogP contribution in [0.25, 0.3) is 50.6 Å². The van der Waals surface area contributed by atoms with Gasteiger partial charge < -0.3 is 0 Å². The predicted octanol–water partition coefficient (Wildman–Crippen LogP) is 8.18. The van der Waals surface area contributed by atoms with Crippen molar-refractivity contribution >= 4 is 5.57 Å². The number of nitrogens with zero attached hydrogens (tertiary/aromatic N) is 2. The van der Waals surface area contributed by atoms with Gasteiger partial charge in [-0.25, -0.2) is 9.97 Å². The molecule has 2 heteroatoms. The van der Waals surface area contributed by atoms with E-state index in [0.29, 0.717) is 0 Å². The highest BCUT2D eigenvalue weighted by atomic mass is 14.9. The number of rotatable bonds is 5. The third-order valence-corrected chi connectivity index (χ3v) is 5.70. The molecule has 158 valence electrons. The molecule has 0 aliphatic carbocycles. The Bertz CT molecular complexity index is 1400. The van der Waals surface area contributed by atoms with Crippen molar-refractivity contribution in [2.24, 2.45) is 0 Å². The van der Waals surface area contributed by atoms with Gasteiger partial charge in [-0.3, -0.25) is 0 Å². The fourth-order valence-electron chi connectivity index (χ4n) is 3.87. The highest BCUT2D eigenvalue weighted by Gasteiger charge is 2.11. The Kier molecular flexibility index (Phi) is 5.65. The van der Waals surface area contributed by atoms with E-state index in [9.17, 15) is 0 Å².